The van der Waals surface area contributed by atoms with Crippen LogP contribution in [0.15, 0.2) is 53.2 Å². The molecular weight excluding hydrogens is 304 g/mol. The lowest BCUT2D eigenvalue weighted by molar-refractivity contribution is 0.0907. The van der Waals surface area contributed by atoms with Crippen molar-refractivity contribution in [2.45, 2.75) is 6.54 Å². The summed E-state index contributed by atoms with van der Waals surface area (Å²) in [4.78, 5) is 20.1. The van der Waals surface area contributed by atoms with Crippen LogP contribution in [0, 0.1) is 0 Å². The van der Waals surface area contributed by atoms with E-state index < -0.39 is 5.91 Å². The third-order valence-electron chi connectivity index (χ3n) is 2.91. The predicted octanol–water partition coefficient (Wildman–Crippen LogP) is 2.72. The number of hydrogen-bond donors (Lipinski definition) is 1. The minimum atomic E-state index is -0.463. The number of pyridine rings is 1. The van der Waals surface area contributed by atoms with Gasteiger partial charge in [0.1, 0.15) is 5.69 Å². The molecule has 0 radical (unpaired) electrons. The topological polar surface area (TPSA) is 80.9 Å². The summed E-state index contributed by atoms with van der Waals surface area (Å²) in [6.45, 7) is 0.278. The molecule has 0 aliphatic carbocycles. The maximum atomic E-state index is 12.0. The molecule has 3 rings (SSSR count). The normalized spacial score (nSPS) is 10.4. The highest BCUT2D eigenvalue weighted by atomic mass is 35.5. The summed E-state index contributed by atoms with van der Waals surface area (Å²) in [5.74, 6) is -0.314. The van der Waals surface area contributed by atoms with Gasteiger partial charge < -0.3 is 9.84 Å². The zero-order valence-corrected chi connectivity index (χ0v) is 12.1. The van der Waals surface area contributed by atoms with Crippen molar-refractivity contribution in [1.29, 1.82) is 0 Å². The second-order valence-corrected chi connectivity index (χ2v) is 4.82. The molecule has 0 atom stereocenters. The summed E-state index contributed by atoms with van der Waals surface area (Å²) in [5, 5.41) is 7.01. The van der Waals surface area contributed by atoms with Gasteiger partial charge in [-0.3, -0.25) is 9.78 Å². The quantitative estimate of drug-likeness (QED) is 0.800. The lowest BCUT2D eigenvalue weighted by Gasteiger charge is -2.04. The Hall–Kier alpha value is -2.73. The van der Waals surface area contributed by atoms with Gasteiger partial charge in [0.15, 0.2) is 0 Å². The number of aromatic nitrogens is 3. The minimum absolute atomic E-state index is 0.118. The molecule has 1 N–H and O–H groups in total. The van der Waals surface area contributed by atoms with Crippen molar-refractivity contribution in [2.75, 3.05) is 0 Å². The zero-order chi connectivity index (χ0) is 15.4. The summed E-state index contributed by atoms with van der Waals surface area (Å²) in [6.07, 6.45) is 1.61. The lowest BCUT2D eigenvalue weighted by Crippen LogP contribution is -2.23. The average Bonchev–Trinajstić information content (AvgIpc) is 3.05. The van der Waals surface area contributed by atoms with Crippen LogP contribution in [-0.2, 0) is 6.54 Å². The molecular formula is C15H11ClN4O2. The van der Waals surface area contributed by atoms with Crippen molar-refractivity contribution < 1.29 is 9.32 Å². The number of nitrogens with one attached hydrogen (secondary N) is 1. The molecule has 22 heavy (non-hydrogen) atoms. The van der Waals surface area contributed by atoms with Gasteiger partial charge >= 0.3 is 11.8 Å². The molecule has 1 aromatic carbocycles. The van der Waals surface area contributed by atoms with E-state index in [4.69, 9.17) is 16.1 Å². The van der Waals surface area contributed by atoms with Crippen LogP contribution in [0.4, 0.5) is 0 Å². The van der Waals surface area contributed by atoms with E-state index in [0.29, 0.717) is 10.7 Å². The maximum Gasteiger partial charge on any atom is 0.316 e. The number of carbonyl (C=O) groups is 1. The number of benzene rings is 1. The van der Waals surface area contributed by atoms with Gasteiger partial charge in [0.25, 0.3) is 0 Å². The molecule has 7 heteroatoms. The molecule has 3 aromatic rings. The van der Waals surface area contributed by atoms with Gasteiger partial charge in [0.05, 0.1) is 0 Å². The predicted molar refractivity (Wildman–Crippen MR) is 80.2 cm³/mol. The minimum Gasteiger partial charge on any atom is -0.344 e. The SMILES string of the molecule is O=C(NCc1ccccc1Cl)c1nc(-c2ccccn2)no1. The lowest BCUT2D eigenvalue weighted by atomic mass is 10.2. The Balaban J connectivity index is 1.69. The Kier molecular flexibility index (Phi) is 4.11. The molecule has 0 aliphatic heterocycles. The van der Waals surface area contributed by atoms with Gasteiger partial charge in [-0.25, -0.2) is 0 Å². The van der Waals surface area contributed by atoms with Crippen LogP contribution in [0.5, 0.6) is 0 Å². The van der Waals surface area contributed by atoms with E-state index in [1.807, 2.05) is 18.2 Å². The summed E-state index contributed by atoms with van der Waals surface area (Å²) in [5.41, 5.74) is 1.35. The second-order valence-electron chi connectivity index (χ2n) is 4.41. The number of rotatable bonds is 4. The molecule has 2 heterocycles. The van der Waals surface area contributed by atoms with Gasteiger partial charge in [0.2, 0.25) is 5.82 Å². The molecule has 6 nitrogen and oxygen atoms in total. The number of carbonyl (C=O) groups excluding carboxylic acids is 1. The Morgan fingerprint density at radius 2 is 2.00 bits per heavy atom. The van der Waals surface area contributed by atoms with E-state index in [1.54, 1.807) is 30.5 Å². The van der Waals surface area contributed by atoms with E-state index >= 15 is 0 Å². The molecule has 2 aromatic heterocycles. The Morgan fingerprint density at radius 3 is 2.77 bits per heavy atom. The Bertz CT molecular complexity index is 789. The molecule has 110 valence electrons. The number of nitrogens with zero attached hydrogens (tertiary/aromatic N) is 3. The number of amides is 1. The van der Waals surface area contributed by atoms with E-state index in [-0.39, 0.29) is 18.3 Å². The van der Waals surface area contributed by atoms with Crippen LogP contribution in [0.1, 0.15) is 16.2 Å². The third kappa shape index (κ3) is 3.12. The first kappa shape index (κ1) is 14.2. The third-order valence-corrected chi connectivity index (χ3v) is 3.28. The van der Waals surface area contributed by atoms with Crippen molar-refractivity contribution in [3.8, 4) is 11.5 Å². The first-order chi connectivity index (χ1) is 10.7. The number of hydrogen-bond acceptors (Lipinski definition) is 5. The monoisotopic (exact) mass is 314 g/mol. The van der Waals surface area contributed by atoms with Gasteiger partial charge in [0, 0.05) is 17.8 Å². The summed E-state index contributed by atoms with van der Waals surface area (Å²) in [7, 11) is 0. The summed E-state index contributed by atoms with van der Waals surface area (Å²) >= 11 is 6.03. The molecule has 0 saturated carbocycles. The van der Waals surface area contributed by atoms with E-state index in [1.165, 1.54) is 0 Å². The smallest absolute Gasteiger partial charge is 0.316 e. The highest BCUT2D eigenvalue weighted by molar-refractivity contribution is 6.31. The van der Waals surface area contributed by atoms with E-state index in [2.05, 4.69) is 20.4 Å². The molecule has 0 bridgehead atoms. The second kappa shape index (κ2) is 6.36. The van der Waals surface area contributed by atoms with Crippen LogP contribution in [0.3, 0.4) is 0 Å². The molecule has 0 saturated heterocycles. The fourth-order valence-corrected chi connectivity index (χ4v) is 2.01. The van der Waals surface area contributed by atoms with Crippen molar-refractivity contribution >= 4 is 17.5 Å². The van der Waals surface area contributed by atoms with Crippen molar-refractivity contribution in [2.24, 2.45) is 0 Å². The van der Waals surface area contributed by atoms with Crippen molar-refractivity contribution in [1.82, 2.24) is 20.4 Å². The van der Waals surface area contributed by atoms with Crippen molar-refractivity contribution in [3.63, 3.8) is 0 Å². The largest absolute Gasteiger partial charge is 0.344 e. The van der Waals surface area contributed by atoms with Gasteiger partial charge in [-0.05, 0) is 23.8 Å². The fourth-order valence-electron chi connectivity index (χ4n) is 1.81. The summed E-state index contributed by atoms with van der Waals surface area (Å²) in [6, 6.07) is 12.6. The highest BCUT2D eigenvalue weighted by Crippen LogP contribution is 2.15. The van der Waals surface area contributed by atoms with Gasteiger partial charge in [-0.1, -0.05) is 41.0 Å². The zero-order valence-electron chi connectivity index (χ0n) is 11.4. The first-order valence-electron chi connectivity index (χ1n) is 6.51. The van der Waals surface area contributed by atoms with Gasteiger partial charge in [-0.2, -0.15) is 4.98 Å². The Labute approximate surface area is 131 Å². The van der Waals surface area contributed by atoms with Crippen LogP contribution in [0.25, 0.3) is 11.5 Å². The summed E-state index contributed by atoms with van der Waals surface area (Å²) < 4.78 is 4.95. The molecule has 1 amide bonds. The van der Waals surface area contributed by atoms with Gasteiger partial charge in [-0.15, -0.1) is 0 Å². The molecule has 0 unspecified atom stereocenters. The first-order valence-corrected chi connectivity index (χ1v) is 6.88. The van der Waals surface area contributed by atoms with Crippen molar-refractivity contribution in [3.05, 3.63) is 65.1 Å². The van der Waals surface area contributed by atoms with E-state index in [9.17, 15) is 4.79 Å². The average molecular weight is 315 g/mol. The van der Waals surface area contributed by atoms with Crippen LogP contribution in [-0.4, -0.2) is 21.0 Å². The van der Waals surface area contributed by atoms with Crippen LogP contribution in [0.2, 0.25) is 5.02 Å². The molecule has 0 spiro atoms. The standard InChI is InChI=1S/C15H11ClN4O2/c16-11-6-2-1-5-10(11)9-18-14(21)15-19-13(20-22-15)12-7-3-4-8-17-12/h1-8H,9H2,(H,18,21). The molecule has 0 aliphatic rings. The fraction of sp³-hybridized carbons (Fsp3) is 0.0667. The Morgan fingerprint density at radius 1 is 1.18 bits per heavy atom. The highest BCUT2D eigenvalue weighted by Gasteiger charge is 2.16. The van der Waals surface area contributed by atoms with E-state index in [0.717, 1.165) is 5.56 Å². The number of halogens is 1. The van der Waals surface area contributed by atoms with Crippen LogP contribution >= 0.6 is 11.6 Å². The van der Waals surface area contributed by atoms with Crippen LogP contribution < -0.4 is 5.32 Å². The molecule has 0 fully saturated rings. The maximum absolute atomic E-state index is 12.0.